The van der Waals surface area contributed by atoms with Crippen molar-refractivity contribution < 1.29 is 27.5 Å². The van der Waals surface area contributed by atoms with E-state index in [2.05, 4.69) is 5.32 Å². The second-order valence-electron chi connectivity index (χ2n) is 6.38. The quantitative estimate of drug-likeness (QED) is 0.831. The SMILES string of the molecule is CC(=O)C1=C(N2CCOCC2)CC(c2ccccc2)(C(F)(F)F)NC1=O. The molecule has 2 heterocycles. The van der Waals surface area contributed by atoms with Crippen molar-refractivity contribution in [2.75, 3.05) is 26.3 Å². The maximum Gasteiger partial charge on any atom is 0.416 e. The summed E-state index contributed by atoms with van der Waals surface area (Å²) in [5.41, 5.74) is -2.71. The molecule has 1 amide bonds. The summed E-state index contributed by atoms with van der Waals surface area (Å²) in [6, 6.07) is 7.27. The van der Waals surface area contributed by atoms with Crippen LogP contribution in [0.4, 0.5) is 13.2 Å². The first-order valence-corrected chi connectivity index (χ1v) is 8.28. The molecule has 0 spiro atoms. The Bertz CT molecular complexity index is 740. The standard InChI is InChI=1S/C18H19F3N2O3/c1-12(24)15-14(23-7-9-26-10-8-23)11-17(18(19,20)21,22-16(15)25)13-5-3-2-4-6-13/h2-6H,7-11H2,1H3,(H,22,25). The molecular weight excluding hydrogens is 349 g/mol. The number of ketones is 1. The molecule has 0 aromatic heterocycles. The van der Waals surface area contributed by atoms with E-state index in [-0.39, 0.29) is 16.8 Å². The van der Waals surface area contributed by atoms with Crippen LogP contribution in [0.25, 0.3) is 0 Å². The number of nitrogens with zero attached hydrogens (tertiary/aromatic N) is 1. The fourth-order valence-electron chi connectivity index (χ4n) is 3.47. The van der Waals surface area contributed by atoms with E-state index in [4.69, 9.17) is 4.74 Å². The van der Waals surface area contributed by atoms with Crippen LogP contribution in [-0.4, -0.2) is 49.1 Å². The minimum absolute atomic E-state index is 0.0609. The topological polar surface area (TPSA) is 58.6 Å². The van der Waals surface area contributed by atoms with E-state index in [1.165, 1.54) is 31.2 Å². The van der Waals surface area contributed by atoms with E-state index in [1.807, 2.05) is 0 Å². The van der Waals surface area contributed by atoms with Gasteiger partial charge >= 0.3 is 6.18 Å². The third-order valence-corrected chi connectivity index (χ3v) is 4.77. The summed E-state index contributed by atoms with van der Waals surface area (Å²) in [5, 5.41) is 2.09. The van der Waals surface area contributed by atoms with Crippen molar-refractivity contribution in [3.63, 3.8) is 0 Å². The van der Waals surface area contributed by atoms with Crippen molar-refractivity contribution >= 4 is 11.7 Å². The minimum atomic E-state index is -4.73. The van der Waals surface area contributed by atoms with Gasteiger partial charge in [-0.05, 0) is 12.5 Å². The van der Waals surface area contributed by atoms with E-state index >= 15 is 0 Å². The summed E-state index contributed by atoms with van der Waals surface area (Å²) in [7, 11) is 0. The molecule has 1 aromatic carbocycles. The lowest BCUT2D eigenvalue weighted by Crippen LogP contribution is -2.61. The smallest absolute Gasteiger partial charge is 0.378 e. The number of alkyl halides is 3. The van der Waals surface area contributed by atoms with Crippen LogP contribution in [0.2, 0.25) is 0 Å². The number of rotatable bonds is 3. The number of carbonyl (C=O) groups is 2. The first-order chi connectivity index (χ1) is 12.3. The highest BCUT2D eigenvalue weighted by Gasteiger charge is 2.60. The molecule has 3 rings (SSSR count). The summed E-state index contributed by atoms with van der Waals surface area (Å²) in [6.07, 6.45) is -5.26. The van der Waals surface area contributed by atoms with Crippen molar-refractivity contribution in [1.82, 2.24) is 10.2 Å². The highest BCUT2D eigenvalue weighted by Crippen LogP contribution is 2.46. The van der Waals surface area contributed by atoms with Crippen molar-refractivity contribution in [3.8, 4) is 0 Å². The second-order valence-corrected chi connectivity index (χ2v) is 6.38. The van der Waals surface area contributed by atoms with E-state index < -0.39 is 29.8 Å². The molecule has 1 saturated heterocycles. The number of halogens is 3. The molecule has 1 unspecified atom stereocenters. The van der Waals surface area contributed by atoms with Crippen LogP contribution >= 0.6 is 0 Å². The molecule has 26 heavy (non-hydrogen) atoms. The maximum atomic E-state index is 14.2. The molecule has 0 saturated carbocycles. The van der Waals surface area contributed by atoms with Gasteiger partial charge in [-0.3, -0.25) is 9.59 Å². The van der Waals surface area contributed by atoms with E-state index in [0.717, 1.165) is 0 Å². The summed E-state index contributed by atoms with van der Waals surface area (Å²) in [6.45, 7) is 2.53. The molecule has 140 valence electrons. The van der Waals surface area contributed by atoms with Gasteiger partial charge in [-0.25, -0.2) is 0 Å². The molecule has 1 fully saturated rings. The van der Waals surface area contributed by atoms with Crippen LogP contribution < -0.4 is 5.32 Å². The summed E-state index contributed by atoms with van der Waals surface area (Å²) in [4.78, 5) is 26.2. The van der Waals surface area contributed by atoms with Gasteiger partial charge in [0.15, 0.2) is 11.3 Å². The molecular formula is C18H19F3N2O3. The molecule has 1 aromatic rings. The minimum Gasteiger partial charge on any atom is -0.378 e. The molecule has 0 radical (unpaired) electrons. The Morgan fingerprint density at radius 1 is 1.19 bits per heavy atom. The number of Topliss-reactive ketones (excluding diaryl/α,β-unsaturated/α-hetero) is 1. The normalized spacial score (nSPS) is 24.5. The van der Waals surface area contributed by atoms with Gasteiger partial charge < -0.3 is 15.0 Å². The molecule has 8 heteroatoms. The lowest BCUT2D eigenvalue weighted by atomic mass is 9.79. The molecule has 2 aliphatic heterocycles. The Balaban J connectivity index is 2.15. The Hall–Kier alpha value is -2.35. The van der Waals surface area contributed by atoms with Crippen LogP contribution in [0.3, 0.4) is 0 Å². The lowest BCUT2D eigenvalue weighted by molar-refractivity contribution is -0.205. The molecule has 5 nitrogen and oxygen atoms in total. The Labute approximate surface area is 148 Å². The third-order valence-electron chi connectivity index (χ3n) is 4.77. The number of hydrogen-bond acceptors (Lipinski definition) is 4. The van der Waals surface area contributed by atoms with Gasteiger partial charge in [-0.2, -0.15) is 13.2 Å². The zero-order valence-electron chi connectivity index (χ0n) is 14.2. The number of morpholine rings is 1. The molecule has 0 bridgehead atoms. The summed E-state index contributed by atoms with van der Waals surface area (Å²) >= 11 is 0. The monoisotopic (exact) mass is 368 g/mol. The number of carbonyl (C=O) groups excluding carboxylic acids is 2. The van der Waals surface area contributed by atoms with E-state index in [0.29, 0.717) is 26.3 Å². The fourth-order valence-corrected chi connectivity index (χ4v) is 3.47. The largest absolute Gasteiger partial charge is 0.416 e. The third kappa shape index (κ3) is 3.09. The van der Waals surface area contributed by atoms with Gasteiger partial charge in [0.25, 0.3) is 5.91 Å². The number of amides is 1. The van der Waals surface area contributed by atoms with Gasteiger partial charge in [0.05, 0.1) is 13.2 Å². The number of ether oxygens (including phenoxy) is 1. The molecule has 0 aliphatic carbocycles. The predicted molar refractivity (Wildman–Crippen MR) is 87.0 cm³/mol. The highest BCUT2D eigenvalue weighted by molar-refractivity contribution is 6.19. The van der Waals surface area contributed by atoms with Gasteiger partial charge in [-0.15, -0.1) is 0 Å². The van der Waals surface area contributed by atoms with Crippen molar-refractivity contribution in [2.24, 2.45) is 0 Å². The average Bonchev–Trinajstić information content (AvgIpc) is 2.61. The first kappa shape index (κ1) is 18.4. The van der Waals surface area contributed by atoms with E-state index in [9.17, 15) is 22.8 Å². The van der Waals surface area contributed by atoms with Gasteiger partial charge in [-0.1, -0.05) is 30.3 Å². The van der Waals surface area contributed by atoms with Gasteiger partial charge in [0.1, 0.15) is 5.57 Å². The fraction of sp³-hybridized carbons (Fsp3) is 0.444. The molecule has 1 atom stereocenters. The zero-order valence-corrected chi connectivity index (χ0v) is 14.2. The highest BCUT2D eigenvalue weighted by atomic mass is 19.4. The summed E-state index contributed by atoms with van der Waals surface area (Å²) < 4.78 is 47.7. The second kappa shape index (κ2) is 6.75. The zero-order chi connectivity index (χ0) is 18.9. The van der Waals surface area contributed by atoms with Crippen molar-refractivity contribution in [3.05, 3.63) is 47.2 Å². The maximum absolute atomic E-state index is 14.2. The Kier molecular flexibility index (Phi) is 4.79. The van der Waals surface area contributed by atoms with Crippen LogP contribution in [0.5, 0.6) is 0 Å². The van der Waals surface area contributed by atoms with Crippen LogP contribution in [0.15, 0.2) is 41.6 Å². The van der Waals surface area contributed by atoms with Crippen molar-refractivity contribution in [2.45, 2.75) is 25.1 Å². The predicted octanol–water partition coefficient (Wildman–Crippen LogP) is 2.14. The number of benzene rings is 1. The summed E-state index contributed by atoms with van der Waals surface area (Å²) in [5.74, 6) is -1.54. The van der Waals surface area contributed by atoms with Gasteiger partial charge in [0, 0.05) is 25.2 Å². The first-order valence-electron chi connectivity index (χ1n) is 8.28. The van der Waals surface area contributed by atoms with Crippen LogP contribution in [0, 0.1) is 0 Å². The lowest BCUT2D eigenvalue weighted by Gasteiger charge is -2.44. The van der Waals surface area contributed by atoms with Crippen molar-refractivity contribution in [1.29, 1.82) is 0 Å². The Morgan fingerprint density at radius 2 is 1.81 bits per heavy atom. The van der Waals surface area contributed by atoms with Crippen LogP contribution in [0.1, 0.15) is 18.9 Å². The number of nitrogens with one attached hydrogen (secondary N) is 1. The molecule has 1 N–H and O–H groups in total. The van der Waals surface area contributed by atoms with Crippen LogP contribution in [-0.2, 0) is 19.9 Å². The number of hydrogen-bond donors (Lipinski definition) is 1. The Morgan fingerprint density at radius 3 is 2.35 bits per heavy atom. The van der Waals surface area contributed by atoms with E-state index in [1.54, 1.807) is 11.0 Å². The average molecular weight is 368 g/mol. The van der Waals surface area contributed by atoms with Gasteiger partial charge in [0.2, 0.25) is 0 Å². The molecule has 2 aliphatic rings.